The normalized spacial score (nSPS) is 11.4. The minimum atomic E-state index is -0.223. The molecule has 1 aromatic carbocycles. The smallest absolute Gasteiger partial charge is 0.232 e. The van der Waals surface area contributed by atoms with E-state index in [0.29, 0.717) is 12.3 Å². The predicted octanol–water partition coefficient (Wildman–Crippen LogP) is 2.42. The van der Waals surface area contributed by atoms with Gasteiger partial charge in [0.15, 0.2) is 0 Å². The zero-order valence-electron chi connectivity index (χ0n) is 12.3. The van der Waals surface area contributed by atoms with Crippen LogP contribution in [0, 0.1) is 6.92 Å². The lowest BCUT2D eigenvalue weighted by Crippen LogP contribution is -2.36. The summed E-state index contributed by atoms with van der Waals surface area (Å²) in [6.07, 6.45) is 0. The largest absolute Gasteiger partial charge is 0.341 e. The number of rotatable bonds is 6. The fourth-order valence-electron chi connectivity index (χ4n) is 1.64. The summed E-state index contributed by atoms with van der Waals surface area (Å²) in [5.74, 6) is 1.43. The van der Waals surface area contributed by atoms with Gasteiger partial charge >= 0.3 is 0 Å². The van der Waals surface area contributed by atoms with Gasteiger partial charge in [-0.1, -0.05) is 24.3 Å². The molecule has 0 spiro atoms. The van der Waals surface area contributed by atoms with E-state index < -0.39 is 0 Å². The molecule has 0 heterocycles. The predicted molar refractivity (Wildman–Crippen MR) is 83.2 cm³/mol. The molecule has 0 saturated heterocycles. The molecular weight excluding hydrogens is 256 g/mol. The first kappa shape index (κ1) is 16.1. The summed E-state index contributed by atoms with van der Waals surface area (Å²) in [7, 11) is 1.85. The highest BCUT2D eigenvalue weighted by Gasteiger charge is 2.14. The molecule has 1 amide bonds. The van der Waals surface area contributed by atoms with Crippen LogP contribution in [0.25, 0.3) is 0 Å². The number of nitrogens with zero attached hydrogens (tertiary/aromatic N) is 1. The number of carbonyl (C=O) groups excluding carboxylic acids is 1. The molecular formula is C15H24N2OS. The molecule has 0 aliphatic rings. The van der Waals surface area contributed by atoms with Gasteiger partial charge in [0.05, 0.1) is 5.75 Å². The van der Waals surface area contributed by atoms with E-state index in [0.717, 1.165) is 5.75 Å². The SMILES string of the molecule is Cc1ccccc1CN(C)C(=O)CSCC(C)(C)N. The summed E-state index contributed by atoms with van der Waals surface area (Å²) in [5.41, 5.74) is 8.09. The van der Waals surface area contributed by atoms with Crippen molar-refractivity contribution in [2.24, 2.45) is 5.73 Å². The first-order chi connectivity index (χ1) is 8.79. The average molecular weight is 280 g/mol. The molecule has 0 fully saturated rings. The van der Waals surface area contributed by atoms with Crippen LogP contribution in [-0.4, -0.2) is 34.9 Å². The van der Waals surface area contributed by atoms with Crippen molar-refractivity contribution in [3.05, 3.63) is 35.4 Å². The van der Waals surface area contributed by atoms with Crippen molar-refractivity contribution in [2.75, 3.05) is 18.6 Å². The van der Waals surface area contributed by atoms with Gasteiger partial charge in [-0.05, 0) is 31.9 Å². The fourth-order valence-corrected chi connectivity index (χ4v) is 2.67. The van der Waals surface area contributed by atoms with E-state index >= 15 is 0 Å². The summed E-state index contributed by atoms with van der Waals surface area (Å²) < 4.78 is 0. The molecule has 1 rings (SSSR count). The molecule has 1 aromatic rings. The van der Waals surface area contributed by atoms with E-state index in [9.17, 15) is 4.79 Å². The van der Waals surface area contributed by atoms with Crippen molar-refractivity contribution in [1.29, 1.82) is 0 Å². The number of hydrogen-bond acceptors (Lipinski definition) is 3. The highest BCUT2D eigenvalue weighted by molar-refractivity contribution is 8.00. The Bertz CT molecular complexity index is 426. The highest BCUT2D eigenvalue weighted by atomic mass is 32.2. The lowest BCUT2D eigenvalue weighted by Gasteiger charge is -2.20. The Labute approximate surface area is 120 Å². The number of thioether (sulfide) groups is 1. The monoisotopic (exact) mass is 280 g/mol. The Morgan fingerprint density at radius 3 is 2.58 bits per heavy atom. The van der Waals surface area contributed by atoms with Crippen molar-refractivity contribution >= 4 is 17.7 Å². The van der Waals surface area contributed by atoms with Crippen LogP contribution in [0.1, 0.15) is 25.0 Å². The lowest BCUT2D eigenvalue weighted by molar-refractivity contribution is -0.127. The molecule has 0 radical (unpaired) electrons. The van der Waals surface area contributed by atoms with Crippen molar-refractivity contribution in [3.8, 4) is 0 Å². The molecule has 0 bridgehead atoms. The van der Waals surface area contributed by atoms with Gasteiger partial charge < -0.3 is 10.6 Å². The van der Waals surface area contributed by atoms with Crippen molar-refractivity contribution in [3.63, 3.8) is 0 Å². The maximum atomic E-state index is 12.0. The van der Waals surface area contributed by atoms with Crippen LogP contribution in [0.15, 0.2) is 24.3 Å². The zero-order chi connectivity index (χ0) is 14.5. The van der Waals surface area contributed by atoms with Gasteiger partial charge in [0.2, 0.25) is 5.91 Å². The molecule has 0 aliphatic carbocycles. The Morgan fingerprint density at radius 2 is 2.00 bits per heavy atom. The second-order valence-corrected chi connectivity index (χ2v) is 6.64. The first-order valence-electron chi connectivity index (χ1n) is 6.45. The number of nitrogens with two attached hydrogens (primary N) is 1. The van der Waals surface area contributed by atoms with E-state index in [1.54, 1.807) is 16.7 Å². The van der Waals surface area contributed by atoms with E-state index in [-0.39, 0.29) is 11.4 Å². The van der Waals surface area contributed by atoms with Gasteiger partial charge in [-0.3, -0.25) is 4.79 Å². The summed E-state index contributed by atoms with van der Waals surface area (Å²) in [6.45, 7) is 6.68. The Morgan fingerprint density at radius 1 is 1.37 bits per heavy atom. The van der Waals surface area contributed by atoms with Crippen molar-refractivity contribution in [1.82, 2.24) is 4.90 Å². The van der Waals surface area contributed by atoms with Crippen LogP contribution in [0.3, 0.4) is 0 Å². The minimum absolute atomic E-state index is 0.150. The number of amides is 1. The van der Waals surface area contributed by atoms with Crippen molar-refractivity contribution < 1.29 is 4.79 Å². The third kappa shape index (κ3) is 6.12. The molecule has 19 heavy (non-hydrogen) atoms. The third-order valence-corrected chi connectivity index (χ3v) is 4.19. The molecule has 0 aromatic heterocycles. The van der Waals surface area contributed by atoms with E-state index in [4.69, 9.17) is 5.73 Å². The zero-order valence-corrected chi connectivity index (χ0v) is 13.1. The number of hydrogen-bond donors (Lipinski definition) is 1. The lowest BCUT2D eigenvalue weighted by atomic mass is 10.1. The maximum absolute atomic E-state index is 12.0. The molecule has 0 aliphatic heterocycles. The first-order valence-corrected chi connectivity index (χ1v) is 7.60. The standard InChI is InChI=1S/C15H24N2OS/c1-12-7-5-6-8-13(12)9-17(4)14(18)10-19-11-15(2,3)16/h5-8H,9-11,16H2,1-4H3. The maximum Gasteiger partial charge on any atom is 0.232 e. The van der Waals surface area contributed by atoms with E-state index in [2.05, 4.69) is 19.1 Å². The second kappa shape index (κ2) is 6.96. The topological polar surface area (TPSA) is 46.3 Å². The van der Waals surface area contributed by atoms with Crippen molar-refractivity contribution in [2.45, 2.75) is 32.9 Å². The van der Waals surface area contributed by atoms with Gasteiger partial charge in [0.1, 0.15) is 0 Å². The molecule has 2 N–H and O–H groups in total. The number of aryl methyl sites for hydroxylation is 1. The van der Waals surface area contributed by atoms with Crippen LogP contribution in [-0.2, 0) is 11.3 Å². The van der Waals surface area contributed by atoms with Crippen LogP contribution in [0.2, 0.25) is 0 Å². The summed E-state index contributed by atoms with van der Waals surface area (Å²) in [5, 5.41) is 0. The molecule has 0 saturated carbocycles. The van der Waals surface area contributed by atoms with E-state index in [1.165, 1.54) is 11.1 Å². The number of benzene rings is 1. The highest BCUT2D eigenvalue weighted by Crippen LogP contribution is 2.13. The minimum Gasteiger partial charge on any atom is -0.341 e. The molecule has 106 valence electrons. The Balaban J connectivity index is 2.43. The summed E-state index contributed by atoms with van der Waals surface area (Å²) in [6, 6.07) is 8.15. The summed E-state index contributed by atoms with van der Waals surface area (Å²) in [4.78, 5) is 13.8. The van der Waals surface area contributed by atoms with Crippen LogP contribution >= 0.6 is 11.8 Å². The molecule has 4 heteroatoms. The summed E-state index contributed by atoms with van der Waals surface area (Å²) >= 11 is 1.60. The van der Waals surface area contributed by atoms with Gasteiger partial charge in [0.25, 0.3) is 0 Å². The second-order valence-electron chi connectivity index (χ2n) is 5.66. The van der Waals surface area contributed by atoms with Crippen LogP contribution in [0.4, 0.5) is 0 Å². The average Bonchev–Trinajstić information content (AvgIpc) is 2.30. The van der Waals surface area contributed by atoms with Gasteiger partial charge in [-0.2, -0.15) is 11.8 Å². The Kier molecular flexibility index (Phi) is 5.88. The number of carbonyl (C=O) groups is 1. The molecule has 0 unspecified atom stereocenters. The quantitative estimate of drug-likeness (QED) is 0.870. The molecule has 0 atom stereocenters. The van der Waals surface area contributed by atoms with Gasteiger partial charge in [-0.25, -0.2) is 0 Å². The fraction of sp³-hybridized carbons (Fsp3) is 0.533. The third-order valence-electron chi connectivity index (χ3n) is 2.79. The van der Waals surface area contributed by atoms with E-state index in [1.807, 2.05) is 33.0 Å². The molecule has 3 nitrogen and oxygen atoms in total. The van der Waals surface area contributed by atoms with Gasteiger partial charge in [-0.15, -0.1) is 0 Å². The Hall–Kier alpha value is -1.000. The van der Waals surface area contributed by atoms with Gasteiger partial charge in [0, 0.05) is 24.9 Å². The van der Waals surface area contributed by atoms with Crippen LogP contribution < -0.4 is 5.73 Å². The van der Waals surface area contributed by atoms with Crippen LogP contribution in [0.5, 0.6) is 0 Å².